The Kier molecular flexibility index (Phi) is 2.08. The highest BCUT2D eigenvalue weighted by atomic mass is 19.1. The third-order valence-electron chi connectivity index (χ3n) is 2.45. The first-order valence-corrected chi connectivity index (χ1v) is 5.01. The van der Waals surface area contributed by atoms with Crippen LogP contribution in [0.5, 0.6) is 0 Å². The van der Waals surface area contributed by atoms with Gasteiger partial charge in [0.1, 0.15) is 11.4 Å². The quantitative estimate of drug-likeness (QED) is 0.633. The average molecular weight is 230 g/mol. The molecule has 3 nitrogen and oxygen atoms in total. The summed E-state index contributed by atoms with van der Waals surface area (Å²) in [5.74, 6) is -0.382. The maximum Gasteiger partial charge on any atom is 0.263 e. The first-order valence-electron chi connectivity index (χ1n) is 5.01. The summed E-state index contributed by atoms with van der Waals surface area (Å²) in [6.07, 6.45) is 1.41. The molecule has 0 saturated carbocycles. The SMILES string of the molecule is O=C(c1ccco1)c1cc2cc(F)ccc2o1. The van der Waals surface area contributed by atoms with Crippen molar-refractivity contribution in [3.05, 3.63) is 60.0 Å². The summed E-state index contributed by atoms with van der Waals surface area (Å²) in [6.45, 7) is 0. The van der Waals surface area contributed by atoms with E-state index in [-0.39, 0.29) is 23.1 Å². The lowest BCUT2D eigenvalue weighted by molar-refractivity contribution is 0.0985. The third-order valence-corrected chi connectivity index (χ3v) is 2.45. The normalized spacial score (nSPS) is 10.9. The lowest BCUT2D eigenvalue weighted by atomic mass is 10.2. The second-order valence-corrected chi connectivity index (χ2v) is 3.60. The molecule has 3 aromatic rings. The fourth-order valence-corrected chi connectivity index (χ4v) is 1.66. The Balaban J connectivity index is 2.09. The smallest absolute Gasteiger partial charge is 0.263 e. The first kappa shape index (κ1) is 9.84. The fraction of sp³-hybridized carbons (Fsp3) is 0. The number of hydrogen-bond donors (Lipinski definition) is 0. The zero-order chi connectivity index (χ0) is 11.8. The van der Waals surface area contributed by atoms with Crippen molar-refractivity contribution in [1.82, 2.24) is 0 Å². The molecule has 1 aromatic carbocycles. The van der Waals surface area contributed by atoms with Gasteiger partial charge in [0, 0.05) is 5.39 Å². The van der Waals surface area contributed by atoms with Gasteiger partial charge >= 0.3 is 0 Å². The molecule has 0 unspecified atom stereocenters. The summed E-state index contributed by atoms with van der Waals surface area (Å²) >= 11 is 0. The monoisotopic (exact) mass is 230 g/mol. The average Bonchev–Trinajstić information content (AvgIpc) is 2.96. The van der Waals surface area contributed by atoms with E-state index in [1.807, 2.05) is 0 Å². The second-order valence-electron chi connectivity index (χ2n) is 3.60. The molecular weight excluding hydrogens is 223 g/mol. The van der Waals surface area contributed by atoms with Gasteiger partial charge in [0.2, 0.25) is 0 Å². The van der Waals surface area contributed by atoms with Crippen molar-refractivity contribution in [1.29, 1.82) is 0 Å². The van der Waals surface area contributed by atoms with Gasteiger partial charge in [-0.25, -0.2) is 4.39 Å². The Morgan fingerprint density at radius 1 is 1.12 bits per heavy atom. The molecule has 3 rings (SSSR count). The van der Waals surface area contributed by atoms with Gasteiger partial charge in [0.05, 0.1) is 6.26 Å². The minimum Gasteiger partial charge on any atom is -0.461 e. The molecule has 0 saturated heterocycles. The highest BCUT2D eigenvalue weighted by molar-refractivity contribution is 6.07. The molecule has 2 aromatic heterocycles. The standard InChI is InChI=1S/C13H7FO3/c14-9-3-4-10-8(6-9)7-12(17-10)13(15)11-2-1-5-16-11/h1-7H. The largest absolute Gasteiger partial charge is 0.461 e. The van der Waals surface area contributed by atoms with Crippen LogP contribution in [0.3, 0.4) is 0 Å². The molecule has 0 fully saturated rings. The zero-order valence-corrected chi connectivity index (χ0v) is 8.64. The number of carbonyl (C=O) groups excluding carboxylic acids is 1. The molecule has 0 atom stereocenters. The van der Waals surface area contributed by atoms with Crippen molar-refractivity contribution in [2.75, 3.05) is 0 Å². The van der Waals surface area contributed by atoms with Crippen LogP contribution < -0.4 is 0 Å². The molecule has 0 N–H and O–H groups in total. The van der Waals surface area contributed by atoms with Gasteiger partial charge in [-0.3, -0.25) is 4.79 Å². The predicted molar refractivity (Wildman–Crippen MR) is 58.3 cm³/mol. The molecule has 0 radical (unpaired) electrons. The van der Waals surface area contributed by atoms with Crippen LogP contribution in [0.1, 0.15) is 16.3 Å². The van der Waals surface area contributed by atoms with Crippen LogP contribution in [0.2, 0.25) is 0 Å². The Hall–Kier alpha value is -2.36. The maximum absolute atomic E-state index is 13.0. The minimum absolute atomic E-state index is 0.139. The van der Waals surface area contributed by atoms with Crippen LogP contribution >= 0.6 is 0 Å². The van der Waals surface area contributed by atoms with E-state index in [1.165, 1.54) is 30.5 Å². The second kappa shape index (κ2) is 3.59. The molecule has 0 aliphatic heterocycles. The molecule has 0 amide bonds. The minimum atomic E-state index is -0.365. The summed E-state index contributed by atoms with van der Waals surface area (Å²) < 4.78 is 23.3. The number of furan rings is 2. The number of fused-ring (bicyclic) bond motifs is 1. The highest BCUT2D eigenvalue weighted by Crippen LogP contribution is 2.22. The summed E-state index contributed by atoms with van der Waals surface area (Å²) in [7, 11) is 0. The number of ketones is 1. The van der Waals surface area contributed by atoms with Crippen molar-refractivity contribution in [2.24, 2.45) is 0 Å². The third kappa shape index (κ3) is 1.63. The molecule has 17 heavy (non-hydrogen) atoms. The van der Waals surface area contributed by atoms with Gasteiger partial charge in [-0.2, -0.15) is 0 Å². The molecular formula is C13H7FO3. The van der Waals surface area contributed by atoms with Gasteiger partial charge in [-0.15, -0.1) is 0 Å². The van der Waals surface area contributed by atoms with Crippen molar-refractivity contribution < 1.29 is 18.0 Å². The summed E-state index contributed by atoms with van der Waals surface area (Å²) in [4.78, 5) is 11.9. The van der Waals surface area contributed by atoms with Crippen molar-refractivity contribution in [2.45, 2.75) is 0 Å². The summed E-state index contributed by atoms with van der Waals surface area (Å²) in [6, 6.07) is 8.77. The molecule has 4 heteroatoms. The van der Waals surface area contributed by atoms with E-state index in [0.717, 1.165) is 0 Å². The Bertz CT molecular complexity index is 680. The number of benzene rings is 1. The molecule has 84 valence electrons. The number of halogens is 1. The van der Waals surface area contributed by atoms with Crippen LogP contribution in [-0.2, 0) is 0 Å². The van der Waals surface area contributed by atoms with E-state index >= 15 is 0 Å². The van der Waals surface area contributed by atoms with E-state index in [4.69, 9.17) is 8.83 Å². The molecule has 2 heterocycles. The number of carbonyl (C=O) groups is 1. The van der Waals surface area contributed by atoms with E-state index < -0.39 is 0 Å². The Labute approximate surface area is 95.5 Å². The zero-order valence-electron chi connectivity index (χ0n) is 8.64. The predicted octanol–water partition coefficient (Wildman–Crippen LogP) is 3.40. The van der Waals surface area contributed by atoms with Crippen LogP contribution in [-0.4, -0.2) is 5.78 Å². The molecule has 0 bridgehead atoms. The van der Waals surface area contributed by atoms with Crippen molar-refractivity contribution in [3.8, 4) is 0 Å². The van der Waals surface area contributed by atoms with E-state index in [9.17, 15) is 9.18 Å². The lowest BCUT2D eigenvalue weighted by Gasteiger charge is -1.90. The Morgan fingerprint density at radius 2 is 2.00 bits per heavy atom. The van der Waals surface area contributed by atoms with Gasteiger partial charge < -0.3 is 8.83 Å². The fourth-order valence-electron chi connectivity index (χ4n) is 1.66. The van der Waals surface area contributed by atoms with E-state index in [1.54, 1.807) is 12.1 Å². The van der Waals surface area contributed by atoms with Crippen molar-refractivity contribution >= 4 is 16.8 Å². The van der Waals surface area contributed by atoms with E-state index in [2.05, 4.69) is 0 Å². The van der Waals surface area contributed by atoms with Crippen LogP contribution in [0.15, 0.2) is 51.5 Å². The van der Waals surface area contributed by atoms with Crippen molar-refractivity contribution in [3.63, 3.8) is 0 Å². The molecule has 0 aliphatic rings. The van der Waals surface area contributed by atoms with Crippen LogP contribution in [0.25, 0.3) is 11.0 Å². The van der Waals surface area contributed by atoms with Gasteiger partial charge in [-0.1, -0.05) is 0 Å². The highest BCUT2D eigenvalue weighted by Gasteiger charge is 2.16. The summed E-state index contributed by atoms with van der Waals surface area (Å²) in [5.41, 5.74) is 0.473. The van der Waals surface area contributed by atoms with Gasteiger partial charge in [-0.05, 0) is 36.4 Å². The molecule has 0 aliphatic carbocycles. The first-order chi connectivity index (χ1) is 8.24. The Morgan fingerprint density at radius 3 is 2.76 bits per heavy atom. The molecule has 0 spiro atoms. The lowest BCUT2D eigenvalue weighted by Crippen LogP contribution is -1.96. The van der Waals surface area contributed by atoms with Gasteiger partial charge in [0.25, 0.3) is 5.78 Å². The topological polar surface area (TPSA) is 43.4 Å². The number of hydrogen-bond acceptors (Lipinski definition) is 3. The van der Waals surface area contributed by atoms with E-state index in [0.29, 0.717) is 11.0 Å². The summed E-state index contributed by atoms with van der Waals surface area (Å²) in [5, 5.41) is 0.555. The van der Waals surface area contributed by atoms with Crippen LogP contribution in [0, 0.1) is 5.82 Å². The number of rotatable bonds is 2. The van der Waals surface area contributed by atoms with Crippen LogP contribution in [0.4, 0.5) is 4.39 Å². The maximum atomic E-state index is 13.0. The van der Waals surface area contributed by atoms with Gasteiger partial charge in [0.15, 0.2) is 11.5 Å².